The first-order valence-electron chi connectivity index (χ1n) is 7.90. The van der Waals surface area contributed by atoms with E-state index >= 15 is 0 Å². The second kappa shape index (κ2) is 5.22. The molecular formula is C17H19N5. The molecule has 0 bridgehead atoms. The molecule has 1 aliphatic heterocycles. The highest BCUT2D eigenvalue weighted by Crippen LogP contribution is 2.42. The lowest BCUT2D eigenvalue weighted by atomic mass is 9.90. The first kappa shape index (κ1) is 13.5. The van der Waals surface area contributed by atoms with Gasteiger partial charge in [-0.15, -0.1) is 0 Å². The Kier molecular flexibility index (Phi) is 3.20. The van der Waals surface area contributed by atoms with E-state index in [1.54, 1.807) is 12.4 Å². The Morgan fingerprint density at radius 3 is 2.59 bits per heavy atom. The topological polar surface area (TPSA) is 78.8 Å². The zero-order valence-electron chi connectivity index (χ0n) is 12.4. The third-order valence-electron chi connectivity index (χ3n) is 4.87. The van der Waals surface area contributed by atoms with Gasteiger partial charge < -0.3 is 10.6 Å². The monoisotopic (exact) mass is 293 g/mol. The highest BCUT2D eigenvalue weighted by Gasteiger charge is 2.37. The summed E-state index contributed by atoms with van der Waals surface area (Å²) in [7, 11) is 0. The van der Waals surface area contributed by atoms with Gasteiger partial charge in [0.05, 0.1) is 11.3 Å². The first-order chi connectivity index (χ1) is 10.8. The standard InChI is InChI=1S/C17H19N5/c18-8-12-3-4-15(17-16(12)20-5-6-21-17)22-9-13(11-1-2-11)7-14(19)10-22/h3-6,11,13-14H,1-2,7,9-10,19H2. The van der Waals surface area contributed by atoms with Gasteiger partial charge in [0.25, 0.3) is 0 Å². The number of aromatic nitrogens is 2. The molecule has 2 aliphatic rings. The maximum absolute atomic E-state index is 9.25. The Bertz CT molecular complexity index is 746. The smallest absolute Gasteiger partial charge is 0.113 e. The van der Waals surface area contributed by atoms with Crippen LogP contribution in [0.5, 0.6) is 0 Å². The van der Waals surface area contributed by atoms with E-state index in [0.29, 0.717) is 17.0 Å². The molecule has 2 aromatic rings. The molecule has 5 nitrogen and oxygen atoms in total. The van der Waals surface area contributed by atoms with Gasteiger partial charge in [-0.05, 0) is 43.2 Å². The van der Waals surface area contributed by atoms with Crippen LogP contribution < -0.4 is 10.6 Å². The largest absolute Gasteiger partial charge is 0.368 e. The molecule has 112 valence electrons. The van der Waals surface area contributed by atoms with E-state index in [1.165, 1.54) is 12.8 Å². The van der Waals surface area contributed by atoms with E-state index in [1.807, 2.05) is 12.1 Å². The van der Waals surface area contributed by atoms with E-state index in [2.05, 4.69) is 20.9 Å². The van der Waals surface area contributed by atoms with Crippen LogP contribution in [0.3, 0.4) is 0 Å². The third-order valence-corrected chi connectivity index (χ3v) is 4.87. The molecule has 22 heavy (non-hydrogen) atoms. The van der Waals surface area contributed by atoms with Crippen molar-refractivity contribution in [1.82, 2.24) is 9.97 Å². The van der Waals surface area contributed by atoms with Crippen molar-refractivity contribution in [3.05, 3.63) is 30.1 Å². The number of fused-ring (bicyclic) bond motifs is 1. The lowest BCUT2D eigenvalue weighted by Crippen LogP contribution is -2.47. The van der Waals surface area contributed by atoms with E-state index in [4.69, 9.17) is 5.73 Å². The van der Waals surface area contributed by atoms with Crippen LogP contribution in [0, 0.1) is 23.2 Å². The number of nitrogens with two attached hydrogens (primary N) is 1. The van der Waals surface area contributed by atoms with E-state index in [-0.39, 0.29) is 6.04 Å². The number of benzene rings is 1. The van der Waals surface area contributed by atoms with Crippen molar-refractivity contribution in [3.63, 3.8) is 0 Å². The van der Waals surface area contributed by atoms with Crippen LogP contribution >= 0.6 is 0 Å². The summed E-state index contributed by atoms with van der Waals surface area (Å²) in [5.74, 6) is 1.54. The number of hydrogen-bond donors (Lipinski definition) is 1. The van der Waals surface area contributed by atoms with Gasteiger partial charge in [-0.25, -0.2) is 0 Å². The van der Waals surface area contributed by atoms with Crippen LogP contribution in [0.15, 0.2) is 24.5 Å². The van der Waals surface area contributed by atoms with Crippen molar-refractivity contribution in [2.24, 2.45) is 17.6 Å². The Balaban J connectivity index is 1.75. The minimum atomic E-state index is 0.210. The Labute approximate surface area is 129 Å². The number of nitrogens with zero attached hydrogens (tertiary/aromatic N) is 4. The van der Waals surface area contributed by atoms with Gasteiger partial charge in [0.2, 0.25) is 0 Å². The summed E-state index contributed by atoms with van der Waals surface area (Å²) >= 11 is 0. The zero-order valence-corrected chi connectivity index (χ0v) is 12.4. The number of piperidine rings is 1. The van der Waals surface area contributed by atoms with Crippen LogP contribution in [0.25, 0.3) is 11.0 Å². The molecule has 0 radical (unpaired) electrons. The summed E-state index contributed by atoms with van der Waals surface area (Å²) < 4.78 is 0. The molecule has 0 spiro atoms. The fourth-order valence-corrected chi connectivity index (χ4v) is 3.67. The SMILES string of the molecule is N#Cc1ccc(N2CC(N)CC(C3CC3)C2)c2nccnc12. The summed E-state index contributed by atoms with van der Waals surface area (Å²) in [5, 5.41) is 9.25. The summed E-state index contributed by atoms with van der Waals surface area (Å²) in [6.07, 6.45) is 7.15. The second-order valence-electron chi connectivity index (χ2n) is 6.50. The quantitative estimate of drug-likeness (QED) is 0.917. The van der Waals surface area contributed by atoms with Gasteiger partial charge in [0.15, 0.2) is 0 Å². The number of nitriles is 1. The molecule has 1 aliphatic carbocycles. The van der Waals surface area contributed by atoms with Crippen LogP contribution in [-0.4, -0.2) is 29.1 Å². The lowest BCUT2D eigenvalue weighted by Gasteiger charge is -2.38. The number of anilines is 1. The zero-order chi connectivity index (χ0) is 15.1. The van der Waals surface area contributed by atoms with E-state index in [9.17, 15) is 5.26 Å². The van der Waals surface area contributed by atoms with Crippen LogP contribution in [0.1, 0.15) is 24.8 Å². The van der Waals surface area contributed by atoms with Gasteiger partial charge >= 0.3 is 0 Å². The van der Waals surface area contributed by atoms with Crippen molar-refractivity contribution in [2.45, 2.75) is 25.3 Å². The molecule has 1 saturated heterocycles. The van der Waals surface area contributed by atoms with Gasteiger partial charge in [-0.2, -0.15) is 5.26 Å². The fraction of sp³-hybridized carbons (Fsp3) is 0.471. The minimum Gasteiger partial charge on any atom is -0.368 e. The predicted octanol–water partition coefficient (Wildman–Crippen LogP) is 2.07. The van der Waals surface area contributed by atoms with Gasteiger partial charge in [0, 0.05) is 31.5 Å². The highest BCUT2D eigenvalue weighted by molar-refractivity contribution is 5.92. The molecule has 2 N–H and O–H groups in total. The highest BCUT2D eigenvalue weighted by atomic mass is 15.2. The first-order valence-corrected chi connectivity index (χ1v) is 7.90. The maximum atomic E-state index is 9.25. The normalized spacial score (nSPS) is 25.2. The van der Waals surface area contributed by atoms with Crippen molar-refractivity contribution in [3.8, 4) is 6.07 Å². The summed E-state index contributed by atoms with van der Waals surface area (Å²) in [6, 6.07) is 6.25. The van der Waals surface area contributed by atoms with Gasteiger partial charge in [-0.1, -0.05) is 0 Å². The average molecular weight is 293 g/mol. The van der Waals surface area contributed by atoms with Crippen molar-refractivity contribution < 1.29 is 0 Å². The van der Waals surface area contributed by atoms with Crippen molar-refractivity contribution in [1.29, 1.82) is 5.26 Å². The maximum Gasteiger partial charge on any atom is 0.113 e. The molecule has 2 unspecified atom stereocenters. The molecule has 2 heterocycles. The van der Waals surface area contributed by atoms with E-state index in [0.717, 1.165) is 36.6 Å². The third kappa shape index (κ3) is 2.30. The molecule has 2 fully saturated rings. The average Bonchev–Trinajstić information content (AvgIpc) is 3.38. The molecule has 0 amide bonds. The van der Waals surface area contributed by atoms with Crippen LogP contribution in [0.4, 0.5) is 5.69 Å². The summed E-state index contributed by atoms with van der Waals surface area (Å²) in [6.45, 7) is 1.89. The molecule has 1 saturated carbocycles. The lowest BCUT2D eigenvalue weighted by molar-refractivity contribution is 0.342. The Morgan fingerprint density at radius 1 is 1.09 bits per heavy atom. The summed E-state index contributed by atoms with van der Waals surface area (Å²) in [5.41, 5.74) is 9.42. The molecule has 4 rings (SSSR count). The van der Waals surface area contributed by atoms with Gasteiger partial charge in [0.1, 0.15) is 17.1 Å². The van der Waals surface area contributed by atoms with Crippen molar-refractivity contribution in [2.75, 3.05) is 18.0 Å². The Morgan fingerprint density at radius 2 is 1.86 bits per heavy atom. The summed E-state index contributed by atoms with van der Waals surface area (Å²) in [4.78, 5) is 11.2. The van der Waals surface area contributed by atoms with Gasteiger partial charge in [-0.3, -0.25) is 9.97 Å². The van der Waals surface area contributed by atoms with Crippen LogP contribution in [0.2, 0.25) is 0 Å². The molecule has 1 aromatic heterocycles. The molecular weight excluding hydrogens is 274 g/mol. The van der Waals surface area contributed by atoms with Crippen molar-refractivity contribution >= 4 is 16.7 Å². The number of hydrogen-bond acceptors (Lipinski definition) is 5. The number of rotatable bonds is 2. The predicted molar refractivity (Wildman–Crippen MR) is 85.3 cm³/mol. The molecule has 5 heteroatoms. The van der Waals surface area contributed by atoms with Crippen LogP contribution in [-0.2, 0) is 0 Å². The second-order valence-corrected chi connectivity index (χ2v) is 6.50. The molecule has 1 aromatic carbocycles. The van der Waals surface area contributed by atoms with E-state index < -0.39 is 0 Å². The Hall–Kier alpha value is -2.19. The minimum absolute atomic E-state index is 0.210. The molecule has 2 atom stereocenters. The fourth-order valence-electron chi connectivity index (χ4n) is 3.67.